The number of rotatable bonds is 1. The Morgan fingerprint density at radius 3 is 2.44 bits per heavy atom. The minimum atomic E-state index is 0.318. The van der Waals surface area contributed by atoms with Crippen molar-refractivity contribution in [1.29, 1.82) is 0 Å². The summed E-state index contributed by atoms with van der Waals surface area (Å²) in [7, 11) is 0. The van der Waals surface area contributed by atoms with E-state index < -0.39 is 0 Å². The molecule has 1 heteroatoms. The molecule has 90 valence electrons. The van der Waals surface area contributed by atoms with Crippen molar-refractivity contribution in [2.45, 2.75) is 65.2 Å². The molecular formula is C15H24O. The SMILES string of the molecule is CC(=O)[C@@H]1CCC2=C(CCCCCC2)[C@@H]1C. The van der Waals surface area contributed by atoms with Crippen molar-refractivity contribution in [3.63, 3.8) is 0 Å². The van der Waals surface area contributed by atoms with Crippen LogP contribution in [0, 0.1) is 11.8 Å². The Hall–Kier alpha value is -0.590. The fourth-order valence-corrected chi connectivity index (χ4v) is 3.56. The minimum Gasteiger partial charge on any atom is -0.300 e. The second-order valence-electron chi connectivity index (χ2n) is 5.59. The van der Waals surface area contributed by atoms with E-state index in [0.717, 1.165) is 6.42 Å². The molecule has 0 spiro atoms. The molecule has 0 N–H and O–H groups in total. The molecule has 2 aliphatic carbocycles. The lowest BCUT2D eigenvalue weighted by molar-refractivity contribution is -0.122. The second-order valence-corrected chi connectivity index (χ2v) is 5.59. The summed E-state index contributed by atoms with van der Waals surface area (Å²) in [4.78, 5) is 11.6. The maximum Gasteiger partial charge on any atom is 0.133 e. The normalized spacial score (nSPS) is 31.6. The largest absolute Gasteiger partial charge is 0.300 e. The Balaban J connectivity index is 2.19. The molecule has 0 aliphatic heterocycles. The number of ketones is 1. The quantitative estimate of drug-likeness (QED) is 0.603. The van der Waals surface area contributed by atoms with Gasteiger partial charge in [0.05, 0.1) is 0 Å². The molecule has 1 nitrogen and oxygen atoms in total. The Labute approximate surface area is 99.3 Å². The molecule has 0 aromatic carbocycles. The summed E-state index contributed by atoms with van der Waals surface area (Å²) in [5.74, 6) is 1.25. The zero-order valence-corrected chi connectivity index (χ0v) is 10.7. The van der Waals surface area contributed by atoms with E-state index in [1.807, 2.05) is 0 Å². The predicted octanol–water partition coefficient (Wildman–Crippen LogP) is 4.27. The topological polar surface area (TPSA) is 17.1 Å². The van der Waals surface area contributed by atoms with Crippen LogP contribution in [0.25, 0.3) is 0 Å². The van der Waals surface area contributed by atoms with E-state index in [0.29, 0.717) is 17.6 Å². The number of carbonyl (C=O) groups is 1. The highest BCUT2D eigenvalue weighted by atomic mass is 16.1. The Morgan fingerprint density at radius 1 is 1.06 bits per heavy atom. The molecule has 0 saturated heterocycles. The van der Waals surface area contributed by atoms with Crippen LogP contribution in [-0.2, 0) is 4.79 Å². The van der Waals surface area contributed by atoms with E-state index >= 15 is 0 Å². The summed E-state index contributed by atoms with van der Waals surface area (Å²) in [6.45, 7) is 4.05. The Kier molecular flexibility index (Phi) is 3.83. The molecule has 0 aromatic rings. The van der Waals surface area contributed by atoms with Gasteiger partial charge in [-0.1, -0.05) is 30.9 Å². The third-order valence-corrected chi connectivity index (χ3v) is 4.56. The van der Waals surface area contributed by atoms with E-state index in [9.17, 15) is 4.79 Å². The standard InChI is InChI=1S/C15H24O/c1-11-14(12(2)16)10-9-13-7-5-3-4-6-8-15(11)13/h11,14H,3-10H2,1-2H3/t11-,14-/m1/s1. The molecule has 2 atom stereocenters. The fourth-order valence-electron chi connectivity index (χ4n) is 3.56. The van der Waals surface area contributed by atoms with Crippen LogP contribution in [0.15, 0.2) is 11.1 Å². The summed E-state index contributed by atoms with van der Waals surface area (Å²) in [6.07, 6.45) is 10.4. The van der Waals surface area contributed by atoms with Gasteiger partial charge in [-0.2, -0.15) is 0 Å². The molecule has 0 fully saturated rings. The highest BCUT2D eigenvalue weighted by molar-refractivity contribution is 5.79. The van der Waals surface area contributed by atoms with E-state index in [2.05, 4.69) is 6.92 Å². The summed E-state index contributed by atoms with van der Waals surface area (Å²) < 4.78 is 0. The highest BCUT2D eigenvalue weighted by Crippen LogP contribution is 2.40. The van der Waals surface area contributed by atoms with Gasteiger partial charge in [-0.15, -0.1) is 0 Å². The molecule has 2 aliphatic rings. The molecule has 0 unspecified atom stereocenters. The van der Waals surface area contributed by atoms with Crippen LogP contribution in [0.3, 0.4) is 0 Å². The lowest BCUT2D eigenvalue weighted by Crippen LogP contribution is -2.26. The Morgan fingerprint density at radius 2 is 1.75 bits per heavy atom. The Bertz CT molecular complexity index is 301. The van der Waals surface area contributed by atoms with Crippen LogP contribution in [0.2, 0.25) is 0 Å². The maximum atomic E-state index is 11.6. The molecule has 0 amide bonds. The number of Topliss-reactive ketones (excluding diaryl/α,β-unsaturated/α-hetero) is 1. The minimum absolute atomic E-state index is 0.318. The fraction of sp³-hybridized carbons (Fsp3) is 0.800. The van der Waals surface area contributed by atoms with Gasteiger partial charge in [0, 0.05) is 5.92 Å². The lowest BCUT2D eigenvalue weighted by Gasteiger charge is -2.33. The van der Waals surface area contributed by atoms with Crippen LogP contribution < -0.4 is 0 Å². The first kappa shape index (κ1) is 11.9. The summed E-state index contributed by atoms with van der Waals surface area (Å²) in [6, 6.07) is 0. The maximum absolute atomic E-state index is 11.6. The van der Waals surface area contributed by atoms with Gasteiger partial charge in [0.2, 0.25) is 0 Å². The summed E-state index contributed by atoms with van der Waals surface area (Å²) in [5.41, 5.74) is 3.37. The van der Waals surface area contributed by atoms with Gasteiger partial charge in [-0.3, -0.25) is 4.79 Å². The van der Waals surface area contributed by atoms with Crippen molar-refractivity contribution in [3.8, 4) is 0 Å². The summed E-state index contributed by atoms with van der Waals surface area (Å²) in [5, 5.41) is 0. The number of allylic oxidation sites excluding steroid dienone is 2. The number of hydrogen-bond donors (Lipinski definition) is 0. The third-order valence-electron chi connectivity index (χ3n) is 4.56. The van der Waals surface area contributed by atoms with Gasteiger partial charge in [0.15, 0.2) is 0 Å². The average Bonchev–Trinajstić information content (AvgIpc) is 2.19. The molecule has 0 aromatic heterocycles. The van der Waals surface area contributed by atoms with Crippen LogP contribution in [0.4, 0.5) is 0 Å². The van der Waals surface area contributed by atoms with Crippen molar-refractivity contribution in [1.82, 2.24) is 0 Å². The second kappa shape index (κ2) is 5.16. The zero-order valence-electron chi connectivity index (χ0n) is 10.7. The van der Waals surface area contributed by atoms with Crippen molar-refractivity contribution in [3.05, 3.63) is 11.1 Å². The van der Waals surface area contributed by atoms with E-state index in [4.69, 9.17) is 0 Å². The highest BCUT2D eigenvalue weighted by Gasteiger charge is 2.30. The van der Waals surface area contributed by atoms with Crippen molar-refractivity contribution in [2.24, 2.45) is 11.8 Å². The van der Waals surface area contributed by atoms with Crippen molar-refractivity contribution < 1.29 is 4.79 Å². The van der Waals surface area contributed by atoms with Gasteiger partial charge in [0.1, 0.15) is 5.78 Å². The number of carbonyl (C=O) groups excluding carboxylic acids is 1. The van der Waals surface area contributed by atoms with Crippen molar-refractivity contribution in [2.75, 3.05) is 0 Å². The smallest absolute Gasteiger partial charge is 0.133 e. The molecular weight excluding hydrogens is 196 g/mol. The predicted molar refractivity (Wildman–Crippen MR) is 67.3 cm³/mol. The molecule has 2 rings (SSSR count). The van der Waals surface area contributed by atoms with Crippen LogP contribution in [0.5, 0.6) is 0 Å². The third kappa shape index (κ3) is 2.39. The lowest BCUT2D eigenvalue weighted by atomic mass is 9.71. The van der Waals surface area contributed by atoms with Gasteiger partial charge in [0.25, 0.3) is 0 Å². The first-order valence-corrected chi connectivity index (χ1v) is 6.91. The van der Waals surface area contributed by atoms with Gasteiger partial charge in [-0.25, -0.2) is 0 Å². The first-order chi connectivity index (χ1) is 7.70. The molecule has 16 heavy (non-hydrogen) atoms. The van der Waals surface area contributed by atoms with E-state index in [-0.39, 0.29) is 0 Å². The van der Waals surface area contributed by atoms with Crippen molar-refractivity contribution >= 4 is 5.78 Å². The number of hydrogen-bond acceptors (Lipinski definition) is 1. The first-order valence-electron chi connectivity index (χ1n) is 6.91. The monoisotopic (exact) mass is 220 g/mol. The average molecular weight is 220 g/mol. The summed E-state index contributed by atoms with van der Waals surface area (Å²) >= 11 is 0. The zero-order chi connectivity index (χ0) is 11.5. The molecule has 0 heterocycles. The van der Waals surface area contributed by atoms with E-state index in [1.54, 1.807) is 18.1 Å². The van der Waals surface area contributed by atoms with Crippen LogP contribution >= 0.6 is 0 Å². The van der Waals surface area contributed by atoms with Gasteiger partial charge in [-0.05, 0) is 51.4 Å². The van der Waals surface area contributed by atoms with Crippen LogP contribution in [0.1, 0.15) is 65.2 Å². The van der Waals surface area contributed by atoms with E-state index in [1.165, 1.54) is 44.9 Å². The molecule has 0 radical (unpaired) electrons. The molecule has 0 saturated carbocycles. The molecule has 0 bridgehead atoms. The van der Waals surface area contributed by atoms with Crippen LogP contribution in [-0.4, -0.2) is 5.78 Å². The van der Waals surface area contributed by atoms with Gasteiger partial charge < -0.3 is 0 Å². The van der Waals surface area contributed by atoms with Gasteiger partial charge >= 0.3 is 0 Å².